The van der Waals surface area contributed by atoms with Gasteiger partial charge in [0.2, 0.25) is 0 Å². The van der Waals surface area contributed by atoms with Gasteiger partial charge in [-0.3, -0.25) is 5.32 Å². The lowest BCUT2D eigenvalue weighted by Crippen LogP contribution is -2.33. The molecule has 0 spiro atoms. The van der Waals surface area contributed by atoms with E-state index in [2.05, 4.69) is 29.7 Å². The van der Waals surface area contributed by atoms with Gasteiger partial charge < -0.3 is 10.1 Å². The van der Waals surface area contributed by atoms with Crippen LogP contribution in [0.5, 0.6) is 0 Å². The van der Waals surface area contributed by atoms with Crippen LogP contribution >= 0.6 is 0 Å². The minimum atomic E-state index is -0.484. The fraction of sp³-hybridized carbons (Fsp3) is 0.632. The van der Waals surface area contributed by atoms with Gasteiger partial charge in [-0.15, -0.1) is 0 Å². The second-order valence-electron chi connectivity index (χ2n) is 7.47. The highest BCUT2D eigenvalue weighted by Gasteiger charge is 2.17. The summed E-state index contributed by atoms with van der Waals surface area (Å²) in [7, 11) is 0. The molecule has 1 atom stereocenters. The van der Waals surface area contributed by atoms with Crippen molar-refractivity contribution in [3.8, 4) is 0 Å². The summed E-state index contributed by atoms with van der Waals surface area (Å²) in [6, 6.07) is 8.95. The molecule has 4 heteroatoms. The van der Waals surface area contributed by atoms with Crippen LogP contribution in [0.4, 0.5) is 10.5 Å². The van der Waals surface area contributed by atoms with Crippen molar-refractivity contribution in [1.82, 2.24) is 5.32 Å². The van der Waals surface area contributed by atoms with E-state index >= 15 is 0 Å². The molecule has 0 radical (unpaired) electrons. The molecule has 0 aliphatic heterocycles. The molecule has 1 unspecified atom stereocenters. The molecule has 1 aromatic rings. The van der Waals surface area contributed by atoms with E-state index < -0.39 is 11.7 Å². The number of carbonyl (C=O) groups excluding carboxylic acids is 1. The summed E-state index contributed by atoms with van der Waals surface area (Å²) < 4.78 is 5.26. The van der Waals surface area contributed by atoms with Crippen molar-refractivity contribution < 1.29 is 9.53 Å². The van der Waals surface area contributed by atoms with Gasteiger partial charge in [-0.1, -0.05) is 31.4 Å². The number of carbonyl (C=O) groups is 1. The second-order valence-corrected chi connectivity index (χ2v) is 7.47. The third-order valence-corrected chi connectivity index (χ3v) is 4.15. The number of nitrogens with one attached hydrogen (secondary N) is 2. The molecule has 128 valence electrons. The molecule has 4 nitrogen and oxygen atoms in total. The van der Waals surface area contributed by atoms with Crippen LogP contribution in [0.25, 0.3) is 0 Å². The van der Waals surface area contributed by atoms with Crippen molar-refractivity contribution in [3.63, 3.8) is 0 Å². The van der Waals surface area contributed by atoms with Crippen LogP contribution in [-0.2, 0) is 4.74 Å². The summed E-state index contributed by atoms with van der Waals surface area (Å²) in [5.74, 6) is 0. The molecule has 1 aromatic carbocycles. The molecule has 0 heterocycles. The van der Waals surface area contributed by atoms with Crippen molar-refractivity contribution in [2.24, 2.45) is 0 Å². The largest absolute Gasteiger partial charge is 0.444 e. The van der Waals surface area contributed by atoms with Gasteiger partial charge in [0.15, 0.2) is 0 Å². The molecule has 1 fully saturated rings. The third kappa shape index (κ3) is 6.22. The average molecular weight is 318 g/mol. The highest BCUT2D eigenvalue weighted by atomic mass is 16.6. The molecule has 1 aliphatic carbocycles. The van der Waals surface area contributed by atoms with Crippen molar-refractivity contribution in [2.45, 2.75) is 77.5 Å². The van der Waals surface area contributed by atoms with E-state index in [4.69, 9.17) is 4.74 Å². The first kappa shape index (κ1) is 17.8. The number of benzene rings is 1. The summed E-state index contributed by atoms with van der Waals surface area (Å²) in [6.45, 7) is 7.77. The monoisotopic (exact) mass is 318 g/mol. The molecule has 0 saturated heterocycles. The van der Waals surface area contributed by atoms with Gasteiger partial charge in [0.1, 0.15) is 5.60 Å². The Kier molecular flexibility index (Phi) is 6.05. The predicted octanol–water partition coefficient (Wildman–Crippen LogP) is 5.02. The molecule has 1 aliphatic rings. The van der Waals surface area contributed by atoms with Crippen LogP contribution < -0.4 is 10.6 Å². The summed E-state index contributed by atoms with van der Waals surface area (Å²) in [5.41, 5.74) is 1.51. The Balaban J connectivity index is 1.87. The van der Waals surface area contributed by atoms with Crippen molar-refractivity contribution >= 4 is 11.8 Å². The summed E-state index contributed by atoms with van der Waals surface area (Å²) in [4.78, 5) is 11.8. The van der Waals surface area contributed by atoms with Gasteiger partial charge >= 0.3 is 6.09 Å². The fourth-order valence-corrected chi connectivity index (χ4v) is 3.00. The van der Waals surface area contributed by atoms with Crippen LogP contribution in [0.2, 0.25) is 0 Å². The molecule has 2 rings (SSSR count). The maximum absolute atomic E-state index is 11.8. The van der Waals surface area contributed by atoms with Crippen molar-refractivity contribution in [1.29, 1.82) is 0 Å². The Labute approximate surface area is 140 Å². The third-order valence-electron chi connectivity index (χ3n) is 4.15. The lowest BCUT2D eigenvalue weighted by atomic mass is 9.94. The maximum Gasteiger partial charge on any atom is 0.412 e. The Morgan fingerprint density at radius 1 is 1.13 bits per heavy atom. The highest BCUT2D eigenvalue weighted by Crippen LogP contribution is 2.22. The Morgan fingerprint density at radius 2 is 1.74 bits per heavy atom. The topological polar surface area (TPSA) is 50.4 Å². The molecule has 0 aromatic heterocycles. The molecule has 1 amide bonds. The standard InChI is InChI=1S/C19H30N2O2/c1-14(20-16-8-6-5-7-9-16)15-10-12-17(13-11-15)21-18(22)23-19(2,3)4/h10-14,16,20H,5-9H2,1-4H3,(H,21,22). The van der Waals surface area contributed by atoms with E-state index in [1.54, 1.807) is 0 Å². The number of rotatable bonds is 4. The van der Waals surface area contributed by atoms with Gasteiger partial charge in [0.25, 0.3) is 0 Å². The van der Waals surface area contributed by atoms with Crippen LogP contribution in [0, 0.1) is 0 Å². The molecule has 2 N–H and O–H groups in total. The van der Waals surface area contributed by atoms with Gasteiger partial charge in [0, 0.05) is 17.8 Å². The van der Waals surface area contributed by atoms with E-state index in [-0.39, 0.29) is 0 Å². The summed E-state index contributed by atoms with van der Waals surface area (Å²) in [5, 5.41) is 6.48. The van der Waals surface area contributed by atoms with E-state index in [0.717, 1.165) is 5.69 Å². The first-order valence-corrected chi connectivity index (χ1v) is 8.69. The lowest BCUT2D eigenvalue weighted by molar-refractivity contribution is 0.0636. The molecule has 23 heavy (non-hydrogen) atoms. The van der Waals surface area contributed by atoms with Crippen LogP contribution in [-0.4, -0.2) is 17.7 Å². The molecule has 1 saturated carbocycles. The number of anilines is 1. The quantitative estimate of drug-likeness (QED) is 0.820. The minimum absolute atomic E-state index is 0.327. The number of hydrogen-bond acceptors (Lipinski definition) is 3. The minimum Gasteiger partial charge on any atom is -0.444 e. The van der Waals surface area contributed by atoms with E-state index in [1.165, 1.54) is 37.7 Å². The first-order chi connectivity index (χ1) is 10.8. The normalized spacial score (nSPS) is 17.6. The average Bonchev–Trinajstić information content (AvgIpc) is 2.47. The zero-order valence-electron chi connectivity index (χ0n) is 14.8. The molecular formula is C19H30N2O2. The first-order valence-electron chi connectivity index (χ1n) is 8.69. The van der Waals surface area contributed by atoms with Gasteiger partial charge in [-0.25, -0.2) is 4.79 Å². The zero-order valence-corrected chi connectivity index (χ0v) is 14.8. The van der Waals surface area contributed by atoms with Crippen LogP contribution in [0.1, 0.15) is 71.4 Å². The predicted molar refractivity (Wildman–Crippen MR) is 94.7 cm³/mol. The van der Waals surface area contributed by atoms with E-state index in [0.29, 0.717) is 12.1 Å². The zero-order chi connectivity index (χ0) is 16.9. The van der Waals surface area contributed by atoms with E-state index in [9.17, 15) is 4.79 Å². The fourth-order valence-electron chi connectivity index (χ4n) is 3.00. The number of hydrogen-bond donors (Lipinski definition) is 2. The summed E-state index contributed by atoms with van der Waals surface area (Å²) in [6.07, 6.45) is 6.19. The smallest absolute Gasteiger partial charge is 0.412 e. The second kappa shape index (κ2) is 7.82. The van der Waals surface area contributed by atoms with Gasteiger partial charge in [-0.2, -0.15) is 0 Å². The number of amides is 1. The Hall–Kier alpha value is -1.55. The summed E-state index contributed by atoms with van der Waals surface area (Å²) >= 11 is 0. The van der Waals surface area contributed by atoms with Gasteiger partial charge in [-0.05, 0) is 58.2 Å². The highest BCUT2D eigenvalue weighted by molar-refractivity contribution is 5.84. The molecule has 0 bridgehead atoms. The van der Waals surface area contributed by atoms with Gasteiger partial charge in [0.05, 0.1) is 0 Å². The van der Waals surface area contributed by atoms with Crippen molar-refractivity contribution in [3.05, 3.63) is 29.8 Å². The SMILES string of the molecule is CC(NC1CCCCC1)c1ccc(NC(=O)OC(C)(C)C)cc1. The Morgan fingerprint density at radius 3 is 2.30 bits per heavy atom. The van der Waals surface area contributed by atoms with Crippen molar-refractivity contribution in [2.75, 3.05) is 5.32 Å². The Bertz CT molecular complexity index is 499. The maximum atomic E-state index is 11.8. The molecular weight excluding hydrogens is 288 g/mol. The number of ether oxygens (including phenoxy) is 1. The lowest BCUT2D eigenvalue weighted by Gasteiger charge is -2.27. The van der Waals surface area contributed by atoms with E-state index in [1.807, 2.05) is 32.9 Å². The van der Waals surface area contributed by atoms with Crippen LogP contribution in [0.3, 0.4) is 0 Å². The van der Waals surface area contributed by atoms with Crippen LogP contribution in [0.15, 0.2) is 24.3 Å².